The summed E-state index contributed by atoms with van der Waals surface area (Å²) in [5.74, 6) is -0.930. The molecule has 1 aromatic heterocycles. The molecule has 5 heteroatoms. The van der Waals surface area contributed by atoms with Crippen molar-refractivity contribution in [3.8, 4) is 0 Å². The molecule has 1 amide bonds. The average Bonchev–Trinajstić information content (AvgIpc) is 3.02. The summed E-state index contributed by atoms with van der Waals surface area (Å²) in [5.41, 5.74) is 4.82. The van der Waals surface area contributed by atoms with Gasteiger partial charge >= 0.3 is 0 Å². The second kappa shape index (κ2) is 3.83. The van der Waals surface area contributed by atoms with E-state index in [1.165, 1.54) is 12.1 Å². The van der Waals surface area contributed by atoms with Gasteiger partial charge in [0.1, 0.15) is 11.4 Å². The summed E-state index contributed by atoms with van der Waals surface area (Å²) < 4.78 is 12.8. The Labute approximate surface area is 93.1 Å². The van der Waals surface area contributed by atoms with Crippen LogP contribution in [0.15, 0.2) is 18.3 Å². The number of primary amides is 1. The van der Waals surface area contributed by atoms with Crippen LogP contribution in [-0.2, 0) is 10.3 Å². The lowest BCUT2D eigenvalue weighted by molar-refractivity contribution is -0.124. The van der Waals surface area contributed by atoms with Crippen molar-refractivity contribution in [2.45, 2.75) is 31.3 Å². The molecule has 0 spiro atoms. The zero-order valence-electron chi connectivity index (χ0n) is 9.03. The molecular weight excluding hydrogens is 209 g/mol. The minimum Gasteiger partial charge on any atom is -0.368 e. The molecule has 1 aliphatic rings. The zero-order chi connectivity index (χ0) is 11.8. The molecule has 1 aliphatic carbocycles. The van der Waals surface area contributed by atoms with Gasteiger partial charge in [-0.3, -0.25) is 15.1 Å². The number of rotatable bonds is 4. The van der Waals surface area contributed by atoms with Crippen LogP contribution in [0.5, 0.6) is 0 Å². The quantitative estimate of drug-likeness (QED) is 0.788. The van der Waals surface area contributed by atoms with Gasteiger partial charge in [-0.1, -0.05) is 0 Å². The van der Waals surface area contributed by atoms with Gasteiger partial charge in [0.15, 0.2) is 0 Å². The summed E-state index contributed by atoms with van der Waals surface area (Å²) in [6.45, 7) is 1.67. The number of carbonyl (C=O) groups excluding carboxylic acids is 1. The highest BCUT2D eigenvalue weighted by Gasteiger charge is 2.39. The van der Waals surface area contributed by atoms with Gasteiger partial charge in [0.2, 0.25) is 5.91 Å². The summed E-state index contributed by atoms with van der Waals surface area (Å²) in [4.78, 5) is 15.4. The van der Waals surface area contributed by atoms with E-state index < -0.39 is 17.3 Å². The molecule has 1 unspecified atom stereocenters. The molecule has 0 bridgehead atoms. The SMILES string of the molecule is CC(NC1CC1)(C(N)=O)c1ccc(F)cn1. The maximum Gasteiger partial charge on any atom is 0.243 e. The maximum atomic E-state index is 12.8. The van der Waals surface area contributed by atoms with Crippen molar-refractivity contribution >= 4 is 5.91 Å². The molecule has 1 aromatic rings. The number of hydrogen-bond acceptors (Lipinski definition) is 3. The van der Waals surface area contributed by atoms with Gasteiger partial charge in [-0.05, 0) is 31.9 Å². The fourth-order valence-electron chi connectivity index (χ4n) is 1.58. The Morgan fingerprint density at radius 3 is 2.75 bits per heavy atom. The van der Waals surface area contributed by atoms with Crippen molar-refractivity contribution < 1.29 is 9.18 Å². The van der Waals surface area contributed by atoms with Crippen LogP contribution in [0, 0.1) is 5.82 Å². The molecule has 1 atom stereocenters. The van der Waals surface area contributed by atoms with Crippen molar-refractivity contribution in [2.24, 2.45) is 5.73 Å². The van der Waals surface area contributed by atoms with E-state index >= 15 is 0 Å². The van der Waals surface area contributed by atoms with Crippen LogP contribution in [0.2, 0.25) is 0 Å². The fourth-order valence-corrected chi connectivity index (χ4v) is 1.58. The highest BCUT2D eigenvalue weighted by atomic mass is 19.1. The van der Waals surface area contributed by atoms with Crippen LogP contribution in [0.4, 0.5) is 4.39 Å². The van der Waals surface area contributed by atoms with E-state index in [0.29, 0.717) is 11.7 Å². The number of nitrogens with two attached hydrogens (primary N) is 1. The summed E-state index contributed by atoms with van der Waals surface area (Å²) in [6.07, 6.45) is 3.15. The molecule has 16 heavy (non-hydrogen) atoms. The standard InChI is InChI=1S/C11H14FN3O/c1-11(10(13)16,15-8-3-4-8)9-5-2-7(12)6-14-9/h2,5-6,8,15H,3-4H2,1H3,(H2,13,16). The highest BCUT2D eigenvalue weighted by Crippen LogP contribution is 2.27. The molecule has 0 aliphatic heterocycles. The second-order valence-corrected chi connectivity index (χ2v) is 4.27. The van der Waals surface area contributed by atoms with Gasteiger partial charge in [-0.2, -0.15) is 0 Å². The largest absolute Gasteiger partial charge is 0.368 e. The van der Waals surface area contributed by atoms with Gasteiger partial charge in [0, 0.05) is 6.04 Å². The average molecular weight is 223 g/mol. The lowest BCUT2D eigenvalue weighted by Crippen LogP contribution is -2.51. The Morgan fingerprint density at radius 2 is 2.31 bits per heavy atom. The number of carbonyl (C=O) groups is 1. The molecule has 86 valence electrons. The van der Waals surface area contributed by atoms with Gasteiger partial charge < -0.3 is 5.73 Å². The molecule has 2 rings (SSSR count). The molecule has 0 saturated heterocycles. The maximum absolute atomic E-state index is 12.8. The van der Waals surface area contributed by atoms with Crippen LogP contribution < -0.4 is 11.1 Å². The normalized spacial score (nSPS) is 19.1. The fraction of sp³-hybridized carbons (Fsp3) is 0.455. The number of hydrogen-bond donors (Lipinski definition) is 2. The highest BCUT2D eigenvalue weighted by molar-refractivity contribution is 5.85. The van der Waals surface area contributed by atoms with Crippen molar-refractivity contribution in [2.75, 3.05) is 0 Å². The Bertz CT molecular complexity index is 402. The first-order chi connectivity index (χ1) is 7.52. The van der Waals surface area contributed by atoms with Gasteiger partial charge in [0.05, 0.1) is 11.9 Å². The van der Waals surface area contributed by atoms with E-state index in [0.717, 1.165) is 19.0 Å². The Morgan fingerprint density at radius 1 is 1.62 bits per heavy atom. The van der Waals surface area contributed by atoms with Crippen LogP contribution in [-0.4, -0.2) is 16.9 Å². The summed E-state index contributed by atoms with van der Waals surface area (Å²) in [7, 11) is 0. The van der Waals surface area contributed by atoms with Crippen molar-refractivity contribution in [1.29, 1.82) is 0 Å². The molecule has 1 saturated carbocycles. The lowest BCUT2D eigenvalue weighted by Gasteiger charge is -2.26. The number of halogens is 1. The first kappa shape index (κ1) is 11.0. The minimum atomic E-state index is -1.02. The molecule has 0 aromatic carbocycles. The smallest absolute Gasteiger partial charge is 0.243 e. The van der Waals surface area contributed by atoms with Crippen molar-refractivity contribution in [3.05, 3.63) is 29.8 Å². The summed E-state index contributed by atoms with van der Waals surface area (Å²) >= 11 is 0. The van der Waals surface area contributed by atoms with Crippen LogP contribution in [0.1, 0.15) is 25.5 Å². The molecule has 4 nitrogen and oxygen atoms in total. The van der Waals surface area contributed by atoms with E-state index in [4.69, 9.17) is 5.73 Å². The predicted octanol–water partition coefficient (Wildman–Crippen LogP) is 0.673. The van der Waals surface area contributed by atoms with Crippen molar-refractivity contribution in [3.63, 3.8) is 0 Å². The summed E-state index contributed by atoms with van der Waals surface area (Å²) in [5, 5.41) is 3.14. The van der Waals surface area contributed by atoms with Gasteiger partial charge in [0.25, 0.3) is 0 Å². The third kappa shape index (κ3) is 2.04. The summed E-state index contributed by atoms with van der Waals surface area (Å²) in [6, 6.07) is 3.07. The van der Waals surface area contributed by atoms with E-state index in [9.17, 15) is 9.18 Å². The van der Waals surface area contributed by atoms with Gasteiger partial charge in [-0.25, -0.2) is 4.39 Å². The van der Waals surface area contributed by atoms with E-state index in [2.05, 4.69) is 10.3 Å². The third-order valence-corrected chi connectivity index (χ3v) is 2.80. The molecule has 3 N–H and O–H groups in total. The molecule has 1 heterocycles. The number of nitrogens with zero attached hydrogens (tertiary/aromatic N) is 1. The third-order valence-electron chi connectivity index (χ3n) is 2.80. The minimum absolute atomic E-state index is 0.310. The van der Waals surface area contributed by atoms with Crippen LogP contribution >= 0.6 is 0 Å². The van der Waals surface area contributed by atoms with Gasteiger partial charge in [-0.15, -0.1) is 0 Å². The Balaban J connectivity index is 2.30. The van der Waals surface area contributed by atoms with E-state index in [-0.39, 0.29) is 0 Å². The number of amides is 1. The number of aromatic nitrogens is 1. The predicted molar refractivity (Wildman–Crippen MR) is 56.9 cm³/mol. The lowest BCUT2D eigenvalue weighted by atomic mass is 9.96. The first-order valence-electron chi connectivity index (χ1n) is 5.22. The zero-order valence-corrected chi connectivity index (χ0v) is 9.03. The molecular formula is C11H14FN3O. The first-order valence-corrected chi connectivity index (χ1v) is 5.22. The second-order valence-electron chi connectivity index (χ2n) is 4.27. The number of nitrogens with one attached hydrogen (secondary N) is 1. The molecule has 0 radical (unpaired) electrons. The van der Waals surface area contributed by atoms with E-state index in [1.54, 1.807) is 6.92 Å². The Kier molecular flexibility index (Phi) is 2.63. The van der Waals surface area contributed by atoms with Crippen LogP contribution in [0.25, 0.3) is 0 Å². The number of pyridine rings is 1. The monoisotopic (exact) mass is 223 g/mol. The molecule has 1 fully saturated rings. The Hall–Kier alpha value is -1.49. The topological polar surface area (TPSA) is 68.0 Å². The van der Waals surface area contributed by atoms with Crippen LogP contribution in [0.3, 0.4) is 0 Å². The van der Waals surface area contributed by atoms with E-state index in [1.807, 2.05) is 0 Å². The van der Waals surface area contributed by atoms with Crippen molar-refractivity contribution in [1.82, 2.24) is 10.3 Å².